The minimum Gasteiger partial charge on any atom is -0.211 e. The van der Waals surface area contributed by atoms with Crippen molar-refractivity contribution in [2.75, 3.05) is 13.1 Å². The Bertz CT molecular complexity index is 750. The number of isocyanates is 2. The highest BCUT2D eigenvalue weighted by Crippen LogP contribution is 2.42. The van der Waals surface area contributed by atoms with Crippen LogP contribution in [-0.4, -0.2) is 25.2 Å². The van der Waals surface area contributed by atoms with Gasteiger partial charge in [0.2, 0.25) is 12.2 Å². The van der Waals surface area contributed by atoms with E-state index in [9.17, 15) is 9.59 Å². The van der Waals surface area contributed by atoms with Crippen molar-refractivity contribution in [3.8, 4) is 0 Å². The van der Waals surface area contributed by atoms with Crippen LogP contribution in [-0.2, 0) is 9.59 Å². The van der Waals surface area contributed by atoms with Gasteiger partial charge in [0.05, 0.1) is 13.1 Å². The Kier molecular flexibility index (Phi) is 25.9. The molecule has 4 nitrogen and oxygen atoms in total. The summed E-state index contributed by atoms with van der Waals surface area (Å²) in [6, 6.07) is 0. The van der Waals surface area contributed by atoms with Gasteiger partial charge in [0.25, 0.3) is 0 Å². The standard InChI is InChI=1S/C38H68N2O2/c1-4-5-6-7-13-22-29-38(35(3)36-26-19-17-20-27-36)37(28-21-14-9-11-16-24-31-40-33-42)34(2)25-18-12-8-10-15-23-30-39-32-41/h26,34-35,37-38H,4-25,27-31H2,1-3H3. The molecule has 0 aromatic carbocycles. The fourth-order valence-electron chi connectivity index (χ4n) is 7.41. The maximum atomic E-state index is 10.3. The van der Waals surface area contributed by atoms with Crippen molar-refractivity contribution >= 4 is 12.2 Å². The lowest BCUT2D eigenvalue weighted by atomic mass is 9.67. The third-order valence-corrected chi connectivity index (χ3v) is 10.1. The zero-order valence-electron chi connectivity index (χ0n) is 28.2. The van der Waals surface area contributed by atoms with E-state index in [0.29, 0.717) is 13.1 Å². The van der Waals surface area contributed by atoms with Crippen LogP contribution >= 0.6 is 0 Å². The predicted molar refractivity (Wildman–Crippen MR) is 180 cm³/mol. The third-order valence-electron chi connectivity index (χ3n) is 10.1. The van der Waals surface area contributed by atoms with E-state index in [1.165, 1.54) is 148 Å². The Hall–Kier alpha value is -1.50. The molecule has 1 aliphatic rings. The smallest absolute Gasteiger partial charge is 0.211 e. The number of rotatable bonds is 29. The zero-order valence-corrected chi connectivity index (χ0v) is 28.2. The van der Waals surface area contributed by atoms with Crippen LogP contribution in [0.15, 0.2) is 21.6 Å². The summed E-state index contributed by atoms with van der Waals surface area (Å²) in [6.07, 6.45) is 38.8. The van der Waals surface area contributed by atoms with Gasteiger partial charge in [-0.25, -0.2) is 19.6 Å². The number of allylic oxidation sites excluding steroid dienone is 2. The van der Waals surface area contributed by atoms with Crippen molar-refractivity contribution in [2.45, 2.75) is 181 Å². The van der Waals surface area contributed by atoms with Gasteiger partial charge in [0.15, 0.2) is 0 Å². The number of nitrogens with zero attached hydrogens (tertiary/aromatic N) is 2. The molecule has 0 bridgehead atoms. The molecule has 4 unspecified atom stereocenters. The fraction of sp³-hybridized carbons (Fsp3) is 0.895. The second kappa shape index (κ2) is 28.3. The quantitative estimate of drug-likeness (QED) is 0.0380. The van der Waals surface area contributed by atoms with Gasteiger partial charge in [-0.2, -0.15) is 0 Å². The minimum atomic E-state index is 0.644. The summed E-state index contributed by atoms with van der Waals surface area (Å²) >= 11 is 0. The number of carbonyl (C=O) groups excluding carboxylic acids is 2. The van der Waals surface area contributed by atoms with E-state index in [1.54, 1.807) is 17.7 Å². The van der Waals surface area contributed by atoms with Gasteiger partial charge in [-0.05, 0) is 75.0 Å². The molecule has 0 heterocycles. The van der Waals surface area contributed by atoms with Crippen LogP contribution in [0.25, 0.3) is 0 Å². The van der Waals surface area contributed by atoms with E-state index in [0.717, 1.165) is 36.5 Å². The average Bonchev–Trinajstić information content (AvgIpc) is 3.01. The highest BCUT2D eigenvalue weighted by molar-refractivity contribution is 5.32. The van der Waals surface area contributed by atoms with Crippen molar-refractivity contribution in [3.05, 3.63) is 11.6 Å². The number of aliphatic imine (C=N–C) groups is 2. The number of hydrogen-bond donors (Lipinski definition) is 0. The van der Waals surface area contributed by atoms with Gasteiger partial charge in [0, 0.05) is 0 Å². The van der Waals surface area contributed by atoms with Gasteiger partial charge in [-0.1, -0.05) is 142 Å². The first-order chi connectivity index (χ1) is 20.7. The normalized spacial score (nSPS) is 16.1. The number of unbranched alkanes of at least 4 members (excludes halogenated alkanes) is 15. The molecule has 42 heavy (non-hydrogen) atoms. The van der Waals surface area contributed by atoms with Gasteiger partial charge < -0.3 is 0 Å². The zero-order chi connectivity index (χ0) is 30.5. The minimum absolute atomic E-state index is 0.644. The lowest BCUT2D eigenvalue weighted by Crippen LogP contribution is -2.29. The van der Waals surface area contributed by atoms with Crippen LogP contribution in [0, 0.1) is 23.7 Å². The molecule has 0 saturated heterocycles. The maximum absolute atomic E-state index is 10.3. The molecule has 0 amide bonds. The van der Waals surface area contributed by atoms with Gasteiger partial charge >= 0.3 is 0 Å². The fourth-order valence-corrected chi connectivity index (χ4v) is 7.41. The molecule has 0 radical (unpaired) electrons. The Morgan fingerprint density at radius 3 is 1.60 bits per heavy atom. The molecule has 4 heteroatoms. The SMILES string of the molecule is CCCCCCCCC(C(C)C1=CCCCC1)C(CCCCCCCCN=C=O)C(C)CCCCCCCCN=C=O. The summed E-state index contributed by atoms with van der Waals surface area (Å²) in [5.74, 6) is 3.20. The highest BCUT2D eigenvalue weighted by atomic mass is 16.1. The monoisotopic (exact) mass is 585 g/mol. The van der Waals surface area contributed by atoms with E-state index >= 15 is 0 Å². The molecular weight excluding hydrogens is 516 g/mol. The van der Waals surface area contributed by atoms with Gasteiger partial charge in [-0.3, -0.25) is 0 Å². The first kappa shape index (κ1) is 38.5. The van der Waals surface area contributed by atoms with Crippen molar-refractivity contribution in [2.24, 2.45) is 33.7 Å². The van der Waals surface area contributed by atoms with Crippen LogP contribution in [0.4, 0.5) is 0 Å². The molecule has 0 aliphatic heterocycles. The second-order valence-electron chi connectivity index (χ2n) is 13.4. The van der Waals surface area contributed by atoms with Crippen LogP contribution in [0.3, 0.4) is 0 Å². The van der Waals surface area contributed by atoms with Crippen LogP contribution in [0.1, 0.15) is 181 Å². The molecule has 0 fully saturated rings. The molecule has 0 spiro atoms. The first-order valence-electron chi connectivity index (χ1n) is 18.4. The molecule has 0 N–H and O–H groups in total. The maximum Gasteiger partial charge on any atom is 0.234 e. The highest BCUT2D eigenvalue weighted by Gasteiger charge is 2.31. The molecule has 0 aromatic rings. The molecule has 1 aliphatic carbocycles. The molecule has 0 saturated carbocycles. The van der Waals surface area contributed by atoms with E-state index in [2.05, 4.69) is 36.8 Å². The molecule has 4 atom stereocenters. The largest absolute Gasteiger partial charge is 0.234 e. The van der Waals surface area contributed by atoms with Crippen molar-refractivity contribution in [1.82, 2.24) is 0 Å². The van der Waals surface area contributed by atoms with Gasteiger partial charge in [0.1, 0.15) is 0 Å². The van der Waals surface area contributed by atoms with E-state index in [1.807, 2.05) is 0 Å². The van der Waals surface area contributed by atoms with E-state index < -0.39 is 0 Å². The van der Waals surface area contributed by atoms with E-state index in [-0.39, 0.29) is 0 Å². The van der Waals surface area contributed by atoms with E-state index in [4.69, 9.17) is 0 Å². The van der Waals surface area contributed by atoms with Crippen LogP contribution in [0.5, 0.6) is 0 Å². The lowest BCUT2D eigenvalue weighted by molar-refractivity contribution is 0.152. The van der Waals surface area contributed by atoms with Crippen molar-refractivity contribution in [1.29, 1.82) is 0 Å². The summed E-state index contributed by atoms with van der Waals surface area (Å²) in [5.41, 5.74) is 1.78. The Labute approximate surface area is 261 Å². The van der Waals surface area contributed by atoms with Crippen molar-refractivity contribution < 1.29 is 9.59 Å². The Balaban J connectivity index is 2.75. The predicted octanol–water partition coefficient (Wildman–Crippen LogP) is 11.9. The molecule has 0 aromatic heterocycles. The summed E-state index contributed by atoms with van der Waals surface area (Å²) in [6.45, 7) is 8.78. The first-order valence-corrected chi connectivity index (χ1v) is 18.4. The second-order valence-corrected chi connectivity index (χ2v) is 13.4. The molecular formula is C38H68N2O2. The van der Waals surface area contributed by atoms with Crippen LogP contribution in [0.2, 0.25) is 0 Å². The van der Waals surface area contributed by atoms with Crippen LogP contribution < -0.4 is 0 Å². The summed E-state index contributed by atoms with van der Waals surface area (Å²) in [5, 5.41) is 0. The summed E-state index contributed by atoms with van der Waals surface area (Å²) in [7, 11) is 0. The Morgan fingerprint density at radius 1 is 0.619 bits per heavy atom. The third kappa shape index (κ3) is 19.6. The van der Waals surface area contributed by atoms with Crippen molar-refractivity contribution in [3.63, 3.8) is 0 Å². The van der Waals surface area contributed by atoms with Gasteiger partial charge in [-0.15, -0.1) is 0 Å². The molecule has 242 valence electrons. The molecule has 1 rings (SSSR count). The topological polar surface area (TPSA) is 58.9 Å². The summed E-state index contributed by atoms with van der Waals surface area (Å²) in [4.78, 5) is 27.9. The number of hydrogen-bond acceptors (Lipinski definition) is 4. The Morgan fingerprint density at radius 2 is 1.10 bits per heavy atom. The average molecular weight is 585 g/mol. The summed E-state index contributed by atoms with van der Waals surface area (Å²) < 4.78 is 0. The lowest BCUT2D eigenvalue weighted by Gasteiger charge is -2.38.